The zero-order valence-electron chi connectivity index (χ0n) is 18.6. The molecule has 9 nitrogen and oxygen atoms in total. The molecule has 0 aromatic carbocycles. The first-order valence-corrected chi connectivity index (χ1v) is 11.1. The lowest BCUT2D eigenvalue weighted by atomic mass is 10.0. The lowest BCUT2D eigenvalue weighted by molar-refractivity contribution is -0.132. The molecule has 0 N–H and O–H groups in total. The largest absolute Gasteiger partial charge is 0.352 e. The van der Waals surface area contributed by atoms with E-state index in [2.05, 4.69) is 38.0 Å². The summed E-state index contributed by atoms with van der Waals surface area (Å²) in [7, 11) is 0. The number of amides is 1. The van der Waals surface area contributed by atoms with E-state index in [9.17, 15) is 9.59 Å². The summed E-state index contributed by atoms with van der Waals surface area (Å²) < 4.78 is 1.39. The second kappa shape index (κ2) is 9.03. The third kappa shape index (κ3) is 4.55. The van der Waals surface area contributed by atoms with Crippen LogP contribution in [0.1, 0.15) is 37.4 Å². The van der Waals surface area contributed by atoms with Crippen molar-refractivity contribution in [2.45, 2.75) is 52.6 Å². The Balaban J connectivity index is 1.34. The van der Waals surface area contributed by atoms with Crippen LogP contribution in [0.4, 0.5) is 11.6 Å². The minimum absolute atomic E-state index is 0.0233. The number of aromatic nitrogens is 4. The quantitative estimate of drug-likeness (QED) is 0.731. The molecule has 2 aliphatic rings. The van der Waals surface area contributed by atoms with Gasteiger partial charge in [-0.05, 0) is 52.2 Å². The summed E-state index contributed by atoms with van der Waals surface area (Å²) in [5.41, 5.74) is 1.13. The summed E-state index contributed by atoms with van der Waals surface area (Å²) in [5.74, 6) is 1.72. The molecule has 2 saturated heterocycles. The predicted molar refractivity (Wildman–Crippen MR) is 119 cm³/mol. The number of hydrogen-bond donors (Lipinski definition) is 0. The van der Waals surface area contributed by atoms with Crippen LogP contribution >= 0.6 is 0 Å². The molecule has 0 spiro atoms. The fourth-order valence-corrected chi connectivity index (χ4v) is 4.30. The molecule has 31 heavy (non-hydrogen) atoms. The smallest absolute Gasteiger partial charge is 0.256 e. The van der Waals surface area contributed by atoms with Crippen molar-refractivity contribution in [3.63, 3.8) is 0 Å². The van der Waals surface area contributed by atoms with Gasteiger partial charge < -0.3 is 14.7 Å². The van der Waals surface area contributed by atoms with Crippen molar-refractivity contribution in [1.82, 2.24) is 24.6 Å². The van der Waals surface area contributed by atoms with E-state index in [0.717, 1.165) is 18.2 Å². The Kier molecular flexibility index (Phi) is 6.20. The fraction of sp³-hybridized carbons (Fsp3) is 0.591. The molecule has 0 aliphatic carbocycles. The monoisotopic (exact) mass is 425 g/mol. The van der Waals surface area contributed by atoms with E-state index in [-0.39, 0.29) is 18.0 Å². The molecule has 166 valence electrons. The van der Waals surface area contributed by atoms with Crippen molar-refractivity contribution in [2.24, 2.45) is 0 Å². The second-order valence-corrected chi connectivity index (χ2v) is 8.54. The number of rotatable bonds is 4. The van der Waals surface area contributed by atoms with E-state index >= 15 is 0 Å². The van der Waals surface area contributed by atoms with Crippen LogP contribution < -0.4 is 15.4 Å². The van der Waals surface area contributed by atoms with Gasteiger partial charge in [0.1, 0.15) is 6.54 Å². The first kappa shape index (κ1) is 21.3. The van der Waals surface area contributed by atoms with E-state index in [1.54, 1.807) is 18.7 Å². The van der Waals surface area contributed by atoms with Crippen LogP contribution in [0, 0.1) is 13.8 Å². The highest BCUT2D eigenvalue weighted by molar-refractivity contribution is 5.76. The fourth-order valence-electron chi connectivity index (χ4n) is 4.30. The highest BCUT2D eigenvalue weighted by Crippen LogP contribution is 2.23. The van der Waals surface area contributed by atoms with Crippen molar-refractivity contribution >= 4 is 17.5 Å². The predicted octanol–water partition coefficient (Wildman–Crippen LogP) is 1.38. The van der Waals surface area contributed by atoms with Gasteiger partial charge in [0.2, 0.25) is 5.91 Å². The topological polar surface area (TPSA) is 87.5 Å². The molecule has 2 aromatic heterocycles. The summed E-state index contributed by atoms with van der Waals surface area (Å²) in [6.45, 7) is 9.42. The van der Waals surface area contributed by atoms with Crippen molar-refractivity contribution in [2.75, 3.05) is 42.5 Å². The third-order valence-corrected chi connectivity index (χ3v) is 6.51. The standard InChI is InChI=1S/C22H31N7O2/c1-16-6-4-5-9-29(16)20-8-7-19(24-25-20)26-10-12-27(13-11-26)21(30)14-28-15-23-18(3)17(2)22(28)31/h7-8,15-16H,4-6,9-14H2,1-3H3. The van der Waals surface area contributed by atoms with Gasteiger partial charge in [-0.2, -0.15) is 0 Å². The Morgan fingerprint density at radius 1 is 1.03 bits per heavy atom. The molecule has 9 heteroatoms. The van der Waals surface area contributed by atoms with E-state index in [4.69, 9.17) is 0 Å². The molecular formula is C22H31N7O2. The van der Waals surface area contributed by atoms with E-state index in [1.165, 1.54) is 30.2 Å². The summed E-state index contributed by atoms with van der Waals surface area (Å²) >= 11 is 0. The molecule has 0 radical (unpaired) electrons. The Morgan fingerprint density at radius 3 is 2.42 bits per heavy atom. The zero-order valence-corrected chi connectivity index (χ0v) is 18.6. The molecule has 1 unspecified atom stereocenters. The second-order valence-electron chi connectivity index (χ2n) is 8.54. The lowest BCUT2D eigenvalue weighted by Gasteiger charge is -2.36. The molecule has 2 aliphatic heterocycles. The van der Waals surface area contributed by atoms with Gasteiger partial charge in [-0.25, -0.2) is 4.98 Å². The number of hydrogen-bond acceptors (Lipinski definition) is 7. The first-order chi connectivity index (χ1) is 14.9. The van der Waals surface area contributed by atoms with Crippen LogP contribution in [0.3, 0.4) is 0 Å². The van der Waals surface area contributed by atoms with Crippen LogP contribution in [-0.4, -0.2) is 69.3 Å². The zero-order chi connectivity index (χ0) is 22.0. The Morgan fingerprint density at radius 2 is 1.74 bits per heavy atom. The Hall–Kier alpha value is -2.97. The summed E-state index contributed by atoms with van der Waals surface area (Å²) in [5, 5.41) is 8.93. The average molecular weight is 426 g/mol. The van der Waals surface area contributed by atoms with Gasteiger partial charge in [-0.15, -0.1) is 10.2 Å². The maximum atomic E-state index is 12.7. The van der Waals surface area contributed by atoms with Crippen molar-refractivity contribution in [3.05, 3.63) is 40.1 Å². The molecule has 2 aromatic rings. The van der Waals surface area contributed by atoms with Gasteiger partial charge >= 0.3 is 0 Å². The van der Waals surface area contributed by atoms with E-state index in [1.807, 2.05) is 6.07 Å². The van der Waals surface area contributed by atoms with Crippen molar-refractivity contribution < 1.29 is 4.79 Å². The van der Waals surface area contributed by atoms with Gasteiger partial charge in [0.05, 0.1) is 6.33 Å². The van der Waals surface area contributed by atoms with Crippen LogP contribution in [-0.2, 0) is 11.3 Å². The van der Waals surface area contributed by atoms with E-state index in [0.29, 0.717) is 43.5 Å². The maximum Gasteiger partial charge on any atom is 0.256 e. The molecule has 4 heterocycles. The highest BCUT2D eigenvalue weighted by atomic mass is 16.2. The highest BCUT2D eigenvalue weighted by Gasteiger charge is 2.24. The number of piperidine rings is 1. The van der Waals surface area contributed by atoms with Gasteiger partial charge in [0, 0.05) is 50.0 Å². The summed E-state index contributed by atoms with van der Waals surface area (Å²) in [6.07, 6.45) is 5.14. The minimum Gasteiger partial charge on any atom is -0.352 e. The number of aryl methyl sites for hydroxylation is 1. The molecular weight excluding hydrogens is 394 g/mol. The molecule has 0 bridgehead atoms. The number of piperazine rings is 1. The summed E-state index contributed by atoms with van der Waals surface area (Å²) in [4.78, 5) is 35.5. The van der Waals surface area contributed by atoms with Crippen LogP contribution in [0.15, 0.2) is 23.3 Å². The van der Waals surface area contributed by atoms with Crippen LogP contribution in [0.2, 0.25) is 0 Å². The Labute approximate surface area is 182 Å². The number of carbonyl (C=O) groups excluding carboxylic acids is 1. The molecule has 1 atom stereocenters. The molecule has 2 fully saturated rings. The SMILES string of the molecule is Cc1ncn(CC(=O)N2CCN(c3ccc(N4CCCCC4C)nn3)CC2)c(=O)c1C. The lowest BCUT2D eigenvalue weighted by Crippen LogP contribution is -2.50. The van der Waals surface area contributed by atoms with Crippen molar-refractivity contribution in [1.29, 1.82) is 0 Å². The number of nitrogens with zero attached hydrogens (tertiary/aromatic N) is 7. The minimum atomic E-state index is -0.155. The van der Waals surface area contributed by atoms with Crippen LogP contribution in [0.5, 0.6) is 0 Å². The van der Waals surface area contributed by atoms with Gasteiger partial charge in [0.25, 0.3) is 5.56 Å². The van der Waals surface area contributed by atoms with E-state index < -0.39 is 0 Å². The van der Waals surface area contributed by atoms with Gasteiger partial charge in [0.15, 0.2) is 11.6 Å². The molecule has 4 rings (SSSR count). The Bertz CT molecular complexity index is 980. The van der Waals surface area contributed by atoms with Crippen molar-refractivity contribution in [3.8, 4) is 0 Å². The maximum absolute atomic E-state index is 12.7. The third-order valence-electron chi connectivity index (χ3n) is 6.51. The number of carbonyl (C=O) groups is 1. The number of anilines is 2. The van der Waals surface area contributed by atoms with Gasteiger partial charge in [-0.1, -0.05) is 0 Å². The van der Waals surface area contributed by atoms with Gasteiger partial charge in [-0.3, -0.25) is 14.2 Å². The summed E-state index contributed by atoms with van der Waals surface area (Å²) in [6, 6.07) is 4.59. The first-order valence-electron chi connectivity index (χ1n) is 11.1. The molecule has 0 saturated carbocycles. The van der Waals surface area contributed by atoms with Crippen LogP contribution in [0.25, 0.3) is 0 Å². The molecule has 1 amide bonds. The average Bonchev–Trinajstić information content (AvgIpc) is 2.80. The normalized spacial score (nSPS) is 19.6.